The third-order valence-electron chi connectivity index (χ3n) is 6.52. The second-order valence-electron chi connectivity index (χ2n) is 9.01. The van der Waals surface area contributed by atoms with E-state index >= 15 is 0 Å². The highest BCUT2D eigenvalue weighted by Gasteiger charge is 2.36. The first kappa shape index (κ1) is 23.6. The van der Waals surface area contributed by atoms with Gasteiger partial charge in [0.1, 0.15) is 6.04 Å². The molecular formula is C28H33N3O3. The highest BCUT2D eigenvalue weighted by atomic mass is 16.3. The standard InChI is InChI=1S/C28H33N3O3/c1-4-20-10-5-8-13-24(20)31(28(33)25-14-9-19-34-25)26(27(32)29-22-11-6-7-12-22)21-15-17-23(18-16-21)30(2)3/h5,8-10,13-19,22,26H,4,6-7,11-12H2,1-3H3,(H,29,32). The monoisotopic (exact) mass is 459 g/mol. The van der Waals surface area contributed by atoms with Gasteiger partial charge in [0, 0.05) is 31.5 Å². The molecule has 0 radical (unpaired) electrons. The van der Waals surface area contributed by atoms with Crippen molar-refractivity contribution in [3.8, 4) is 0 Å². The molecule has 0 spiro atoms. The zero-order chi connectivity index (χ0) is 24.1. The van der Waals surface area contributed by atoms with Gasteiger partial charge in [-0.1, -0.05) is 50.1 Å². The van der Waals surface area contributed by atoms with Gasteiger partial charge in [-0.3, -0.25) is 14.5 Å². The Kier molecular flexibility index (Phi) is 7.36. The topological polar surface area (TPSA) is 65.8 Å². The summed E-state index contributed by atoms with van der Waals surface area (Å²) in [4.78, 5) is 31.3. The number of hydrogen-bond acceptors (Lipinski definition) is 4. The minimum absolute atomic E-state index is 0.137. The van der Waals surface area contributed by atoms with Gasteiger partial charge in [-0.15, -0.1) is 0 Å². The molecule has 4 rings (SSSR count). The molecule has 0 saturated heterocycles. The lowest BCUT2D eigenvalue weighted by Gasteiger charge is -2.33. The maximum Gasteiger partial charge on any atom is 0.294 e. The van der Waals surface area contributed by atoms with E-state index in [-0.39, 0.29) is 23.6 Å². The highest BCUT2D eigenvalue weighted by Crippen LogP contribution is 2.34. The fourth-order valence-corrected chi connectivity index (χ4v) is 4.65. The third-order valence-corrected chi connectivity index (χ3v) is 6.52. The van der Waals surface area contributed by atoms with E-state index in [9.17, 15) is 9.59 Å². The number of anilines is 2. The maximum atomic E-state index is 13.9. The molecule has 1 saturated carbocycles. The Morgan fingerprint density at radius 1 is 1.00 bits per heavy atom. The quantitative estimate of drug-likeness (QED) is 0.493. The molecule has 0 aliphatic heterocycles. The molecule has 0 bridgehead atoms. The van der Waals surface area contributed by atoms with Gasteiger partial charge in [0.2, 0.25) is 5.91 Å². The van der Waals surface area contributed by atoms with Crippen molar-refractivity contribution >= 4 is 23.2 Å². The fraction of sp³-hybridized carbons (Fsp3) is 0.357. The van der Waals surface area contributed by atoms with E-state index in [1.807, 2.05) is 74.4 Å². The molecule has 178 valence electrons. The van der Waals surface area contributed by atoms with Crippen LogP contribution < -0.4 is 15.1 Å². The minimum atomic E-state index is -0.831. The molecule has 1 N–H and O–H groups in total. The number of rotatable bonds is 8. The van der Waals surface area contributed by atoms with Gasteiger partial charge < -0.3 is 14.6 Å². The molecule has 1 atom stereocenters. The summed E-state index contributed by atoms with van der Waals surface area (Å²) in [7, 11) is 3.95. The van der Waals surface area contributed by atoms with Crippen molar-refractivity contribution in [3.63, 3.8) is 0 Å². The molecule has 2 aromatic carbocycles. The van der Waals surface area contributed by atoms with Crippen molar-refractivity contribution in [1.29, 1.82) is 0 Å². The molecule has 34 heavy (non-hydrogen) atoms. The van der Waals surface area contributed by atoms with E-state index in [4.69, 9.17) is 4.42 Å². The van der Waals surface area contributed by atoms with E-state index in [1.165, 1.54) is 6.26 Å². The Morgan fingerprint density at radius 3 is 2.32 bits per heavy atom. The molecule has 6 nitrogen and oxygen atoms in total. The van der Waals surface area contributed by atoms with Crippen molar-refractivity contribution in [2.24, 2.45) is 0 Å². The summed E-state index contributed by atoms with van der Waals surface area (Å²) >= 11 is 0. The lowest BCUT2D eigenvalue weighted by atomic mass is 9.99. The Balaban J connectivity index is 1.84. The average Bonchev–Trinajstić information content (AvgIpc) is 3.57. The van der Waals surface area contributed by atoms with Crippen molar-refractivity contribution in [3.05, 3.63) is 83.8 Å². The number of furan rings is 1. The molecule has 1 aliphatic rings. The molecule has 2 amide bonds. The largest absolute Gasteiger partial charge is 0.459 e. The summed E-state index contributed by atoms with van der Waals surface area (Å²) in [5, 5.41) is 3.23. The van der Waals surface area contributed by atoms with Gasteiger partial charge in [0.25, 0.3) is 5.91 Å². The first-order valence-corrected chi connectivity index (χ1v) is 12.0. The van der Waals surface area contributed by atoms with Crippen LogP contribution in [-0.2, 0) is 11.2 Å². The summed E-state index contributed by atoms with van der Waals surface area (Å²) in [5.74, 6) is -0.307. The average molecular weight is 460 g/mol. The number of carbonyl (C=O) groups excluding carboxylic acids is 2. The molecule has 1 unspecified atom stereocenters. The summed E-state index contributed by atoms with van der Waals surface area (Å²) in [6.07, 6.45) is 6.37. The summed E-state index contributed by atoms with van der Waals surface area (Å²) in [5.41, 5.74) is 3.49. The molecule has 1 fully saturated rings. The smallest absolute Gasteiger partial charge is 0.294 e. The van der Waals surface area contributed by atoms with Gasteiger partial charge in [-0.05, 0) is 60.7 Å². The van der Waals surface area contributed by atoms with Gasteiger partial charge in [0.15, 0.2) is 5.76 Å². The van der Waals surface area contributed by atoms with Crippen LogP contribution in [0.5, 0.6) is 0 Å². The summed E-state index contributed by atoms with van der Waals surface area (Å²) < 4.78 is 5.49. The van der Waals surface area contributed by atoms with E-state index in [1.54, 1.807) is 17.0 Å². The van der Waals surface area contributed by atoms with E-state index in [0.717, 1.165) is 54.6 Å². The normalized spacial score (nSPS) is 14.6. The number of amides is 2. The first-order chi connectivity index (χ1) is 16.5. The summed E-state index contributed by atoms with van der Waals surface area (Å²) in [6, 6.07) is 18.2. The zero-order valence-electron chi connectivity index (χ0n) is 20.2. The Bertz CT molecular complexity index is 1100. The van der Waals surface area contributed by atoms with Crippen LogP contribution in [0.15, 0.2) is 71.3 Å². The number of nitrogens with zero attached hydrogens (tertiary/aromatic N) is 2. The van der Waals surface area contributed by atoms with Crippen molar-refractivity contribution in [2.75, 3.05) is 23.9 Å². The predicted octanol–water partition coefficient (Wildman–Crippen LogP) is 5.35. The van der Waals surface area contributed by atoms with Crippen LogP contribution in [0.4, 0.5) is 11.4 Å². The Morgan fingerprint density at radius 2 is 1.71 bits per heavy atom. The zero-order valence-corrected chi connectivity index (χ0v) is 20.2. The number of carbonyl (C=O) groups is 2. The summed E-state index contributed by atoms with van der Waals surface area (Å²) in [6.45, 7) is 2.05. The predicted molar refractivity (Wildman–Crippen MR) is 135 cm³/mol. The van der Waals surface area contributed by atoms with Crippen LogP contribution in [0.1, 0.15) is 60.3 Å². The lowest BCUT2D eigenvalue weighted by molar-refractivity contribution is -0.123. The Hall–Kier alpha value is -3.54. The van der Waals surface area contributed by atoms with E-state index < -0.39 is 6.04 Å². The molecule has 3 aromatic rings. The van der Waals surface area contributed by atoms with Crippen molar-refractivity contribution in [2.45, 2.75) is 51.1 Å². The van der Waals surface area contributed by atoms with Crippen LogP contribution in [0.25, 0.3) is 0 Å². The molecule has 1 aromatic heterocycles. The maximum absolute atomic E-state index is 13.9. The minimum Gasteiger partial charge on any atom is -0.459 e. The van der Waals surface area contributed by atoms with Crippen molar-refractivity contribution < 1.29 is 14.0 Å². The van der Waals surface area contributed by atoms with Gasteiger partial charge >= 0.3 is 0 Å². The van der Waals surface area contributed by atoms with Crippen LogP contribution in [0, 0.1) is 0 Å². The second kappa shape index (κ2) is 10.6. The number of para-hydroxylation sites is 1. The van der Waals surface area contributed by atoms with Crippen LogP contribution >= 0.6 is 0 Å². The number of nitrogens with one attached hydrogen (secondary N) is 1. The van der Waals surface area contributed by atoms with Crippen LogP contribution in [0.3, 0.4) is 0 Å². The number of benzene rings is 2. The van der Waals surface area contributed by atoms with E-state index in [0.29, 0.717) is 0 Å². The molecular weight excluding hydrogens is 426 g/mol. The second-order valence-corrected chi connectivity index (χ2v) is 9.01. The molecule has 6 heteroatoms. The van der Waals surface area contributed by atoms with Gasteiger partial charge in [0.05, 0.1) is 6.26 Å². The SMILES string of the molecule is CCc1ccccc1N(C(=O)c1ccco1)C(C(=O)NC1CCCC1)c1ccc(N(C)C)cc1. The Labute approximate surface area is 201 Å². The van der Waals surface area contributed by atoms with Crippen LogP contribution in [-0.4, -0.2) is 32.0 Å². The van der Waals surface area contributed by atoms with Gasteiger partial charge in [-0.2, -0.15) is 0 Å². The lowest BCUT2D eigenvalue weighted by Crippen LogP contribution is -2.46. The highest BCUT2D eigenvalue weighted by molar-refractivity contribution is 6.09. The van der Waals surface area contributed by atoms with Crippen molar-refractivity contribution in [1.82, 2.24) is 5.32 Å². The van der Waals surface area contributed by atoms with Crippen LogP contribution in [0.2, 0.25) is 0 Å². The number of hydrogen-bond donors (Lipinski definition) is 1. The molecule has 1 aliphatic carbocycles. The third kappa shape index (κ3) is 5.01. The van der Waals surface area contributed by atoms with Gasteiger partial charge in [-0.25, -0.2) is 0 Å². The molecule has 1 heterocycles. The van der Waals surface area contributed by atoms with E-state index in [2.05, 4.69) is 5.32 Å². The fourth-order valence-electron chi connectivity index (χ4n) is 4.65. The number of aryl methyl sites for hydroxylation is 1. The first-order valence-electron chi connectivity index (χ1n) is 12.0.